The molecular formula is C24H43IN6O. The highest BCUT2D eigenvalue weighted by molar-refractivity contribution is 14.0. The second-order valence-corrected chi connectivity index (χ2v) is 9.23. The summed E-state index contributed by atoms with van der Waals surface area (Å²) in [5.41, 5.74) is 1.14. The highest BCUT2D eigenvalue weighted by atomic mass is 127. The van der Waals surface area contributed by atoms with Crippen LogP contribution in [0.5, 0.6) is 0 Å². The van der Waals surface area contributed by atoms with Crippen LogP contribution in [0.25, 0.3) is 0 Å². The first-order chi connectivity index (χ1) is 15.1. The Hall–Kier alpha value is -1.13. The normalized spacial score (nSPS) is 19.5. The number of nitrogens with one attached hydrogen (secondary N) is 2. The quantitative estimate of drug-likeness (QED) is 0.290. The number of nitrogens with zero attached hydrogens (tertiary/aromatic N) is 4. The summed E-state index contributed by atoms with van der Waals surface area (Å²) < 4.78 is 5.53. The van der Waals surface area contributed by atoms with Crippen molar-refractivity contribution in [1.29, 1.82) is 0 Å². The Bertz CT molecular complexity index is 670. The van der Waals surface area contributed by atoms with Gasteiger partial charge in [-0.15, -0.1) is 24.0 Å². The maximum atomic E-state index is 5.53. The number of halogens is 1. The number of hydrogen-bond acceptors (Lipinski definition) is 5. The summed E-state index contributed by atoms with van der Waals surface area (Å²) in [7, 11) is 0. The van der Waals surface area contributed by atoms with Gasteiger partial charge in [-0.05, 0) is 43.2 Å². The summed E-state index contributed by atoms with van der Waals surface area (Å²) in [6.07, 6.45) is 4.49. The summed E-state index contributed by atoms with van der Waals surface area (Å²) in [6.45, 7) is 17.3. The lowest BCUT2D eigenvalue weighted by Gasteiger charge is -2.37. The molecule has 8 heteroatoms. The molecule has 0 aromatic carbocycles. The second kappa shape index (κ2) is 14.2. The van der Waals surface area contributed by atoms with Crippen LogP contribution < -0.4 is 15.5 Å². The number of pyridine rings is 1. The third-order valence-electron chi connectivity index (χ3n) is 6.44. The van der Waals surface area contributed by atoms with Crippen LogP contribution in [-0.2, 0) is 11.3 Å². The van der Waals surface area contributed by atoms with Crippen molar-refractivity contribution >= 4 is 35.8 Å². The average molecular weight is 559 g/mol. The topological polar surface area (TPSA) is 65.0 Å². The molecule has 0 aliphatic carbocycles. The molecule has 2 aliphatic heterocycles. The van der Waals surface area contributed by atoms with E-state index in [1.54, 1.807) is 0 Å². The molecule has 2 fully saturated rings. The lowest BCUT2D eigenvalue weighted by molar-refractivity contribution is 0.00752. The number of guanidine groups is 1. The third-order valence-corrected chi connectivity index (χ3v) is 6.44. The van der Waals surface area contributed by atoms with E-state index in [2.05, 4.69) is 60.3 Å². The summed E-state index contributed by atoms with van der Waals surface area (Å²) >= 11 is 0. The predicted octanol–water partition coefficient (Wildman–Crippen LogP) is 3.35. The van der Waals surface area contributed by atoms with Crippen molar-refractivity contribution in [1.82, 2.24) is 20.5 Å². The summed E-state index contributed by atoms with van der Waals surface area (Å²) in [6, 6.07) is 4.79. The number of hydrogen-bond donors (Lipinski definition) is 2. The molecule has 182 valence electrons. The van der Waals surface area contributed by atoms with Gasteiger partial charge in [-0.3, -0.25) is 4.90 Å². The highest BCUT2D eigenvalue weighted by Crippen LogP contribution is 2.21. The summed E-state index contributed by atoms with van der Waals surface area (Å²) in [4.78, 5) is 14.5. The fourth-order valence-corrected chi connectivity index (χ4v) is 4.34. The van der Waals surface area contributed by atoms with Crippen LogP contribution >= 0.6 is 24.0 Å². The Kier molecular flexibility index (Phi) is 12.0. The Labute approximate surface area is 211 Å². The standard InChI is InChI=1S/C24H42N6O.HI/c1-5-25-24(28-18-22(19(2)3)29-12-14-31-15-13-29)27-17-21-6-7-23(26-16-21)30-10-8-20(4)9-11-30;/h6-7,16,19-20,22H,5,8-15,17-18H2,1-4H3,(H2,25,27,28);1H. The van der Waals surface area contributed by atoms with Gasteiger partial charge in [0.05, 0.1) is 19.8 Å². The van der Waals surface area contributed by atoms with Gasteiger partial charge in [-0.1, -0.05) is 26.8 Å². The molecule has 0 radical (unpaired) electrons. The maximum absolute atomic E-state index is 5.53. The molecule has 3 rings (SSSR count). The lowest BCUT2D eigenvalue weighted by Crippen LogP contribution is -2.52. The fraction of sp³-hybridized carbons (Fsp3) is 0.750. The fourth-order valence-electron chi connectivity index (χ4n) is 4.34. The van der Waals surface area contributed by atoms with Gasteiger partial charge in [-0.2, -0.15) is 0 Å². The van der Waals surface area contributed by atoms with E-state index in [4.69, 9.17) is 14.7 Å². The average Bonchev–Trinajstić information content (AvgIpc) is 2.79. The van der Waals surface area contributed by atoms with Crippen LogP contribution in [0, 0.1) is 11.8 Å². The number of rotatable bonds is 8. The molecule has 2 aliphatic rings. The molecule has 3 heterocycles. The second-order valence-electron chi connectivity index (χ2n) is 9.23. The third kappa shape index (κ3) is 8.33. The predicted molar refractivity (Wildman–Crippen MR) is 144 cm³/mol. The minimum Gasteiger partial charge on any atom is -0.379 e. The van der Waals surface area contributed by atoms with E-state index in [0.29, 0.717) is 18.5 Å². The smallest absolute Gasteiger partial charge is 0.191 e. The van der Waals surface area contributed by atoms with Gasteiger partial charge in [0.15, 0.2) is 5.96 Å². The van der Waals surface area contributed by atoms with Crippen molar-refractivity contribution in [2.24, 2.45) is 16.8 Å². The Morgan fingerprint density at radius 2 is 1.88 bits per heavy atom. The Morgan fingerprint density at radius 3 is 2.47 bits per heavy atom. The highest BCUT2D eigenvalue weighted by Gasteiger charge is 2.24. The first kappa shape index (κ1) is 27.1. The molecular weight excluding hydrogens is 515 g/mol. The number of aromatic nitrogens is 1. The van der Waals surface area contributed by atoms with Crippen molar-refractivity contribution in [3.8, 4) is 0 Å². The molecule has 1 aromatic rings. The van der Waals surface area contributed by atoms with E-state index >= 15 is 0 Å². The minimum atomic E-state index is 0. The zero-order chi connectivity index (χ0) is 22.1. The molecule has 0 spiro atoms. The van der Waals surface area contributed by atoms with Crippen molar-refractivity contribution in [3.63, 3.8) is 0 Å². The lowest BCUT2D eigenvalue weighted by atomic mass is 9.99. The van der Waals surface area contributed by atoms with Gasteiger partial charge >= 0.3 is 0 Å². The van der Waals surface area contributed by atoms with Crippen molar-refractivity contribution < 1.29 is 4.74 Å². The first-order valence-electron chi connectivity index (χ1n) is 12.1. The van der Waals surface area contributed by atoms with Gasteiger partial charge < -0.3 is 20.3 Å². The monoisotopic (exact) mass is 558 g/mol. The molecule has 2 saturated heterocycles. The molecule has 0 bridgehead atoms. The van der Waals surface area contributed by atoms with Gasteiger partial charge in [0.1, 0.15) is 5.82 Å². The van der Waals surface area contributed by atoms with Crippen LogP contribution in [0.15, 0.2) is 23.3 Å². The SMILES string of the molecule is CCNC(=NCc1ccc(N2CCC(C)CC2)nc1)NCC(C(C)C)N1CCOCC1.I. The van der Waals surface area contributed by atoms with Gasteiger partial charge in [0.25, 0.3) is 0 Å². The van der Waals surface area contributed by atoms with E-state index < -0.39 is 0 Å². The van der Waals surface area contributed by atoms with E-state index in [9.17, 15) is 0 Å². The molecule has 0 amide bonds. The largest absolute Gasteiger partial charge is 0.379 e. The number of ether oxygens (including phenoxy) is 1. The number of aliphatic imine (C=N–C) groups is 1. The molecule has 2 N–H and O–H groups in total. The Balaban J connectivity index is 0.00000363. The summed E-state index contributed by atoms with van der Waals surface area (Å²) in [5.74, 6) is 3.37. The van der Waals surface area contributed by atoms with Crippen molar-refractivity contribution in [2.75, 3.05) is 57.4 Å². The van der Waals surface area contributed by atoms with Crippen LogP contribution in [0.4, 0.5) is 5.82 Å². The van der Waals surface area contributed by atoms with E-state index in [1.807, 2.05) is 6.20 Å². The molecule has 1 aromatic heterocycles. The van der Waals surface area contributed by atoms with E-state index in [0.717, 1.165) is 75.7 Å². The Morgan fingerprint density at radius 1 is 1.16 bits per heavy atom. The van der Waals surface area contributed by atoms with Crippen LogP contribution in [0.3, 0.4) is 0 Å². The van der Waals surface area contributed by atoms with Crippen LogP contribution in [-0.4, -0.2) is 74.4 Å². The molecule has 1 atom stereocenters. The van der Waals surface area contributed by atoms with Crippen LogP contribution in [0.1, 0.15) is 46.1 Å². The first-order valence-corrected chi connectivity index (χ1v) is 12.1. The molecule has 7 nitrogen and oxygen atoms in total. The van der Waals surface area contributed by atoms with Gasteiger partial charge in [0.2, 0.25) is 0 Å². The van der Waals surface area contributed by atoms with E-state index in [1.165, 1.54) is 12.8 Å². The van der Waals surface area contributed by atoms with Gasteiger partial charge in [-0.25, -0.2) is 9.98 Å². The maximum Gasteiger partial charge on any atom is 0.191 e. The molecule has 32 heavy (non-hydrogen) atoms. The molecule has 0 saturated carbocycles. The van der Waals surface area contributed by atoms with E-state index in [-0.39, 0.29) is 24.0 Å². The zero-order valence-corrected chi connectivity index (χ0v) is 22.7. The molecule has 1 unspecified atom stereocenters. The number of anilines is 1. The van der Waals surface area contributed by atoms with Gasteiger partial charge in [0, 0.05) is 51.5 Å². The zero-order valence-electron chi connectivity index (χ0n) is 20.3. The van der Waals surface area contributed by atoms with Crippen molar-refractivity contribution in [2.45, 2.75) is 53.1 Å². The van der Waals surface area contributed by atoms with Crippen LogP contribution in [0.2, 0.25) is 0 Å². The summed E-state index contributed by atoms with van der Waals surface area (Å²) in [5, 5.41) is 6.95. The minimum absolute atomic E-state index is 0. The number of piperidine rings is 1. The van der Waals surface area contributed by atoms with Crippen molar-refractivity contribution in [3.05, 3.63) is 23.9 Å². The number of morpholine rings is 1.